The van der Waals surface area contributed by atoms with Crippen LogP contribution in [0.3, 0.4) is 0 Å². The van der Waals surface area contributed by atoms with Crippen molar-refractivity contribution in [1.82, 2.24) is 4.98 Å². The van der Waals surface area contributed by atoms with Crippen LogP contribution in [0.2, 0.25) is 0 Å². The minimum atomic E-state index is -0.129. The minimum Gasteiger partial charge on any atom is -0.307 e. The lowest BCUT2D eigenvalue weighted by Gasteiger charge is -2.06. The summed E-state index contributed by atoms with van der Waals surface area (Å²) in [4.78, 5) is 16.0. The van der Waals surface area contributed by atoms with Gasteiger partial charge in [0.05, 0.1) is 0 Å². The van der Waals surface area contributed by atoms with Crippen LogP contribution < -0.4 is 5.32 Å². The van der Waals surface area contributed by atoms with E-state index in [1.807, 2.05) is 44.2 Å². The van der Waals surface area contributed by atoms with Crippen LogP contribution in [0.5, 0.6) is 0 Å². The number of anilines is 1. The molecule has 0 bridgehead atoms. The van der Waals surface area contributed by atoms with Crippen molar-refractivity contribution < 1.29 is 4.79 Å². The van der Waals surface area contributed by atoms with E-state index in [9.17, 15) is 4.79 Å². The molecule has 0 unspecified atom stereocenters. The van der Waals surface area contributed by atoms with Crippen molar-refractivity contribution in [2.75, 3.05) is 5.32 Å². The summed E-state index contributed by atoms with van der Waals surface area (Å²) in [6, 6.07) is 11.2. The summed E-state index contributed by atoms with van der Waals surface area (Å²) in [5.74, 6) is 0.437. The Balaban J connectivity index is 2.20. The van der Waals surface area contributed by atoms with E-state index in [1.54, 1.807) is 12.3 Å². The van der Waals surface area contributed by atoms with E-state index in [-0.39, 0.29) is 5.91 Å². The number of hydrogen-bond donors (Lipinski definition) is 1. The molecule has 0 saturated heterocycles. The molecule has 0 aliphatic heterocycles. The molecule has 0 aliphatic rings. The monoisotopic (exact) mass is 226 g/mol. The summed E-state index contributed by atoms with van der Waals surface area (Å²) in [7, 11) is 0. The number of pyridine rings is 1. The average Bonchev–Trinajstić information content (AvgIpc) is 2.29. The van der Waals surface area contributed by atoms with Gasteiger partial charge in [-0.2, -0.15) is 0 Å². The summed E-state index contributed by atoms with van der Waals surface area (Å²) in [5, 5.41) is 2.76. The largest absolute Gasteiger partial charge is 0.307 e. The fourth-order valence-corrected chi connectivity index (χ4v) is 1.73. The highest BCUT2D eigenvalue weighted by Gasteiger charge is 2.07. The molecule has 0 spiro atoms. The number of rotatable bonds is 2. The fourth-order valence-electron chi connectivity index (χ4n) is 1.73. The second-order valence-corrected chi connectivity index (χ2v) is 4.05. The number of hydrogen-bond acceptors (Lipinski definition) is 2. The Kier molecular flexibility index (Phi) is 3.19. The highest BCUT2D eigenvalue weighted by molar-refractivity contribution is 6.03. The van der Waals surface area contributed by atoms with Crippen molar-refractivity contribution in [2.45, 2.75) is 13.8 Å². The number of carbonyl (C=O) groups is 1. The van der Waals surface area contributed by atoms with Gasteiger partial charge in [-0.15, -0.1) is 0 Å². The Labute approximate surface area is 101 Å². The van der Waals surface area contributed by atoms with Crippen LogP contribution in [0.1, 0.15) is 21.5 Å². The number of amides is 1. The molecular weight excluding hydrogens is 212 g/mol. The lowest BCUT2D eigenvalue weighted by atomic mass is 10.1. The van der Waals surface area contributed by atoms with Gasteiger partial charge in [0.2, 0.25) is 0 Å². The van der Waals surface area contributed by atoms with Crippen molar-refractivity contribution >= 4 is 11.7 Å². The highest BCUT2D eigenvalue weighted by atomic mass is 16.1. The maximum Gasteiger partial charge on any atom is 0.256 e. The summed E-state index contributed by atoms with van der Waals surface area (Å²) >= 11 is 0. The lowest BCUT2D eigenvalue weighted by Crippen LogP contribution is -2.13. The molecule has 1 amide bonds. The van der Waals surface area contributed by atoms with Crippen LogP contribution in [0.25, 0.3) is 0 Å². The number of nitrogens with zero attached hydrogens (tertiary/aromatic N) is 1. The van der Waals surface area contributed by atoms with Crippen molar-refractivity contribution in [3.63, 3.8) is 0 Å². The van der Waals surface area contributed by atoms with Crippen LogP contribution in [-0.4, -0.2) is 10.9 Å². The zero-order valence-electron chi connectivity index (χ0n) is 9.90. The first-order chi connectivity index (χ1) is 8.15. The molecule has 3 heteroatoms. The van der Waals surface area contributed by atoms with E-state index in [0.717, 1.165) is 11.1 Å². The Hall–Kier alpha value is -2.16. The van der Waals surface area contributed by atoms with Gasteiger partial charge in [0.1, 0.15) is 5.82 Å². The number of benzene rings is 1. The molecular formula is C14H14N2O. The first kappa shape index (κ1) is 11.3. The Morgan fingerprint density at radius 2 is 1.82 bits per heavy atom. The molecule has 2 rings (SSSR count). The molecule has 0 fully saturated rings. The van der Waals surface area contributed by atoms with Gasteiger partial charge in [-0.3, -0.25) is 4.79 Å². The third-order valence-electron chi connectivity index (χ3n) is 2.39. The van der Waals surface area contributed by atoms with E-state index in [4.69, 9.17) is 0 Å². The first-order valence-electron chi connectivity index (χ1n) is 5.46. The van der Waals surface area contributed by atoms with Gasteiger partial charge in [-0.25, -0.2) is 4.98 Å². The number of aryl methyl sites for hydroxylation is 2. The zero-order valence-corrected chi connectivity index (χ0v) is 9.90. The quantitative estimate of drug-likeness (QED) is 0.855. The zero-order chi connectivity index (χ0) is 12.3. The van der Waals surface area contributed by atoms with Gasteiger partial charge in [-0.1, -0.05) is 23.3 Å². The van der Waals surface area contributed by atoms with Crippen molar-refractivity contribution in [3.05, 3.63) is 59.3 Å². The van der Waals surface area contributed by atoms with E-state index in [2.05, 4.69) is 10.3 Å². The predicted octanol–water partition coefficient (Wildman–Crippen LogP) is 2.95. The van der Waals surface area contributed by atoms with E-state index in [0.29, 0.717) is 11.4 Å². The average molecular weight is 226 g/mol. The SMILES string of the molecule is Cc1cc(C)cc(C(=O)Nc2ccccn2)c1. The molecule has 86 valence electrons. The fraction of sp³-hybridized carbons (Fsp3) is 0.143. The van der Waals surface area contributed by atoms with E-state index in [1.165, 1.54) is 0 Å². The van der Waals surface area contributed by atoms with Crippen molar-refractivity contribution in [1.29, 1.82) is 0 Å². The topological polar surface area (TPSA) is 42.0 Å². The summed E-state index contributed by atoms with van der Waals surface area (Å²) < 4.78 is 0. The molecule has 0 saturated carbocycles. The second-order valence-electron chi connectivity index (χ2n) is 4.05. The maximum atomic E-state index is 12.0. The number of nitrogens with one attached hydrogen (secondary N) is 1. The van der Waals surface area contributed by atoms with Gasteiger partial charge in [0, 0.05) is 11.8 Å². The molecule has 1 N–H and O–H groups in total. The molecule has 2 aromatic rings. The summed E-state index contributed by atoms with van der Waals surface area (Å²) in [5.41, 5.74) is 2.82. The molecule has 3 nitrogen and oxygen atoms in total. The lowest BCUT2D eigenvalue weighted by molar-refractivity contribution is 0.102. The van der Waals surface area contributed by atoms with Crippen molar-refractivity contribution in [3.8, 4) is 0 Å². The van der Waals surface area contributed by atoms with E-state index >= 15 is 0 Å². The second kappa shape index (κ2) is 4.78. The molecule has 17 heavy (non-hydrogen) atoms. The van der Waals surface area contributed by atoms with Gasteiger partial charge in [0.15, 0.2) is 0 Å². The predicted molar refractivity (Wildman–Crippen MR) is 68.1 cm³/mol. The Bertz CT molecular complexity index is 515. The number of carbonyl (C=O) groups excluding carboxylic acids is 1. The van der Waals surface area contributed by atoms with Crippen LogP contribution in [0.4, 0.5) is 5.82 Å². The first-order valence-corrected chi connectivity index (χ1v) is 5.46. The molecule has 0 radical (unpaired) electrons. The molecule has 1 aromatic heterocycles. The van der Waals surface area contributed by atoms with Crippen LogP contribution in [-0.2, 0) is 0 Å². The van der Waals surface area contributed by atoms with Gasteiger partial charge < -0.3 is 5.32 Å². The summed E-state index contributed by atoms with van der Waals surface area (Å²) in [6.07, 6.45) is 1.65. The third kappa shape index (κ3) is 2.91. The minimum absolute atomic E-state index is 0.129. The van der Waals surface area contributed by atoms with Gasteiger partial charge >= 0.3 is 0 Å². The molecule has 1 heterocycles. The van der Waals surface area contributed by atoms with Crippen LogP contribution in [0, 0.1) is 13.8 Å². The third-order valence-corrected chi connectivity index (χ3v) is 2.39. The van der Waals surface area contributed by atoms with Gasteiger partial charge in [-0.05, 0) is 38.1 Å². The molecule has 0 aliphatic carbocycles. The van der Waals surface area contributed by atoms with Gasteiger partial charge in [0.25, 0.3) is 5.91 Å². The maximum absolute atomic E-state index is 12.0. The summed E-state index contributed by atoms with van der Waals surface area (Å²) in [6.45, 7) is 3.95. The highest BCUT2D eigenvalue weighted by Crippen LogP contribution is 2.11. The van der Waals surface area contributed by atoms with Crippen LogP contribution >= 0.6 is 0 Å². The number of aromatic nitrogens is 1. The molecule has 0 atom stereocenters. The Morgan fingerprint density at radius 1 is 1.12 bits per heavy atom. The standard InChI is InChI=1S/C14H14N2O/c1-10-7-11(2)9-12(8-10)14(17)16-13-5-3-4-6-15-13/h3-9H,1-2H3,(H,15,16,17). The smallest absolute Gasteiger partial charge is 0.256 e. The molecule has 1 aromatic carbocycles. The van der Waals surface area contributed by atoms with E-state index < -0.39 is 0 Å². The Morgan fingerprint density at radius 3 is 2.41 bits per heavy atom. The van der Waals surface area contributed by atoms with Crippen LogP contribution in [0.15, 0.2) is 42.6 Å². The van der Waals surface area contributed by atoms with Crippen molar-refractivity contribution in [2.24, 2.45) is 0 Å². The normalized spacial score (nSPS) is 10.0.